The highest BCUT2D eigenvalue weighted by Crippen LogP contribution is 2.09. The Balaban J connectivity index is 2.19. The van der Waals surface area contributed by atoms with E-state index in [-0.39, 0.29) is 5.54 Å². The van der Waals surface area contributed by atoms with E-state index in [9.17, 15) is 0 Å². The molecule has 84 valence electrons. The molecule has 2 N–H and O–H groups in total. The van der Waals surface area contributed by atoms with Crippen LogP contribution in [0.5, 0.6) is 0 Å². The highest BCUT2D eigenvalue weighted by atomic mass is 15.1. The topological polar surface area (TPSA) is 27.3 Å². The summed E-state index contributed by atoms with van der Waals surface area (Å²) in [5, 5.41) is 6.96. The van der Waals surface area contributed by atoms with Gasteiger partial charge in [-0.3, -0.25) is 0 Å². The third-order valence-electron chi connectivity index (χ3n) is 3.23. The summed E-state index contributed by atoms with van der Waals surface area (Å²) in [6.07, 6.45) is 2.58. The number of nitrogens with one attached hydrogen (secondary N) is 2. The predicted octanol–water partition coefficient (Wildman–Crippen LogP) is 0.668. The summed E-state index contributed by atoms with van der Waals surface area (Å²) < 4.78 is 0. The van der Waals surface area contributed by atoms with Crippen molar-refractivity contribution in [3.63, 3.8) is 0 Å². The second-order valence-corrected chi connectivity index (χ2v) is 5.09. The molecule has 0 atom stereocenters. The lowest BCUT2D eigenvalue weighted by Crippen LogP contribution is -2.50. The average Bonchev–Trinajstić information content (AvgIpc) is 2.17. The molecule has 1 aliphatic rings. The van der Waals surface area contributed by atoms with Gasteiger partial charge in [-0.1, -0.05) is 0 Å². The maximum absolute atomic E-state index is 3.64. The highest BCUT2D eigenvalue weighted by molar-refractivity contribution is 4.82. The van der Waals surface area contributed by atoms with Crippen molar-refractivity contribution in [1.82, 2.24) is 15.5 Å². The lowest BCUT2D eigenvalue weighted by atomic mass is 10.0. The molecule has 3 heteroatoms. The van der Waals surface area contributed by atoms with Crippen LogP contribution in [0.25, 0.3) is 0 Å². The minimum atomic E-state index is 0.212. The second kappa shape index (κ2) is 5.10. The van der Waals surface area contributed by atoms with E-state index in [1.165, 1.54) is 25.9 Å². The second-order valence-electron chi connectivity index (χ2n) is 5.09. The number of hydrogen-bond donors (Lipinski definition) is 2. The highest BCUT2D eigenvalue weighted by Gasteiger charge is 2.20. The van der Waals surface area contributed by atoms with E-state index in [0.29, 0.717) is 0 Å². The van der Waals surface area contributed by atoms with Crippen LogP contribution in [0.2, 0.25) is 0 Å². The molecule has 3 nitrogen and oxygen atoms in total. The van der Waals surface area contributed by atoms with Gasteiger partial charge in [0.15, 0.2) is 0 Å². The van der Waals surface area contributed by atoms with Gasteiger partial charge in [-0.25, -0.2) is 0 Å². The summed E-state index contributed by atoms with van der Waals surface area (Å²) >= 11 is 0. The largest absolute Gasteiger partial charge is 0.314 e. The SMILES string of the molecule is CNC(C)(C)CNC1CCN(C)CC1. The first-order chi connectivity index (χ1) is 6.53. The quantitative estimate of drug-likeness (QED) is 0.697. The molecule has 1 rings (SSSR count). The van der Waals surface area contributed by atoms with Crippen LogP contribution in [0.1, 0.15) is 26.7 Å². The van der Waals surface area contributed by atoms with Crippen molar-refractivity contribution in [2.24, 2.45) is 0 Å². The molecule has 0 bridgehead atoms. The van der Waals surface area contributed by atoms with E-state index in [1.54, 1.807) is 0 Å². The van der Waals surface area contributed by atoms with Gasteiger partial charge in [0.05, 0.1) is 0 Å². The summed E-state index contributed by atoms with van der Waals surface area (Å²) in [5.41, 5.74) is 0.212. The molecule has 0 amide bonds. The van der Waals surface area contributed by atoms with E-state index in [1.807, 2.05) is 7.05 Å². The van der Waals surface area contributed by atoms with E-state index < -0.39 is 0 Å². The van der Waals surface area contributed by atoms with Gasteiger partial charge < -0.3 is 15.5 Å². The normalized spacial score (nSPS) is 21.4. The van der Waals surface area contributed by atoms with Crippen molar-refractivity contribution in [2.45, 2.75) is 38.3 Å². The van der Waals surface area contributed by atoms with Crippen molar-refractivity contribution < 1.29 is 0 Å². The van der Waals surface area contributed by atoms with Gasteiger partial charge in [-0.15, -0.1) is 0 Å². The standard InChI is InChI=1S/C11H25N3/c1-11(2,12-3)9-13-10-5-7-14(4)8-6-10/h10,12-13H,5-9H2,1-4H3. The molecular weight excluding hydrogens is 174 g/mol. The molecule has 0 aromatic heterocycles. The third-order valence-corrected chi connectivity index (χ3v) is 3.23. The third kappa shape index (κ3) is 3.95. The zero-order valence-corrected chi connectivity index (χ0v) is 10.1. The number of piperidine rings is 1. The summed E-state index contributed by atoms with van der Waals surface area (Å²) in [4.78, 5) is 2.40. The molecule has 0 saturated carbocycles. The first-order valence-corrected chi connectivity index (χ1v) is 5.64. The Labute approximate surface area is 88.2 Å². The fourth-order valence-electron chi connectivity index (χ4n) is 1.70. The number of rotatable bonds is 4. The smallest absolute Gasteiger partial charge is 0.0246 e. The zero-order valence-electron chi connectivity index (χ0n) is 10.1. The fraction of sp³-hybridized carbons (Fsp3) is 1.00. The first-order valence-electron chi connectivity index (χ1n) is 5.64. The Morgan fingerprint density at radius 1 is 1.29 bits per heavy atom. The Bertz CT molecular complexity index is 160. The maximum Gasteiger partial charge on any atom is 0.0246 e. The molecule has 1 heterocycles. The minimum Gasteiger partial charge on any atom is -0.314 e. The number of nitrogens with zero attached hydrogens (tertiary/aromatic N) is 1. The lowest BCUT2D eigenvalue weighted by molar-refractivity contribution is 0.225. The summed E-state index contributed by atoms with van der Waals surface area (Å²) in [6, 6.07) is 0.721. The van der Waals surface area contributed by atoms with Crippen LogP contribution in [0.3, 0.4) is 0 Å². The number of hydrogen-bond acceptors (Lipinski definition) is 3. The van der Waals surface area contributed by atoms with Crippen molar-refractivity contribution in [3.05, 3.63) is 0 Å². The molecule has 0 radical (unpaired) electrons. The number of likely N-dealkylation sites (tertiary alicyclic amines) is 1. The molecule has 0 unspecified atom stereocenters. The van der Waals surface area contributed by atoms with Crippen molar-refractivity contribution in [2.75, 3.05) is 33.7 Å². The van der Waals surface area contributed by atoms with Crippen molar-refractivity contribution >= 4 is 0 Å². The van der Waals surface area contributed by atoms with Gasteiger partial charge in [-0.05, 0) is 53.9 Å². The minimum absolute atomic E-state index is 0.212. The molecule has 1 saturated heterocycles. The van der Waals surface area contributed by atoms with E-state index >= 15 is 0 Å². The van der Waals surface area contributed by atoms with Crippen molar-refractivity contribution in [1.29, 1.82) is 0 Å². The molecule has 0 aromatic rings. The molecular formula is C11H25N3. The molecule has 0 aliphatic carbocycles. The Morgan fingerprint density at radius 3 is 2.36 bits per heavy atom. The van der Waals surface area contributed by atoms with Gasteiger partial charge in [0, 0.05) is 18.1 Å². The average molecular weight is 199 g/mol. The molecule has 1 fully saturated rings. The summed E-state index contributed by atoms with van der Waals surface area (Å²) in [7, 11) is 4.23. The molecule has 0 spiro atoms. The van der Waals surface area contributed by atoms with Gasteiger partial charge in [-0.2, -0.15) is 0 Å². The van der Waals surface area contributed by atoms with Gasteiger partial charge in [0.25, 0.3) is 0 Å². The summed E-state index contributed by atoms with van der Waals surface area (Å²) in [5.74, 6) is 0. The Morgan fingerprint density at radius 2 is 1.86 bits per heavy atom. The van der Waals surface area contributed by atoms with Crippen LogP contribution in [0, 0.1) is 0 Å². The fourth-order valence-corrected chi connectivity index (χ4v) is 1.70. The van der Waals surface area contributed by atoms with Crippen LogP contribution in [-0.2, 0) is 0 Å². The van der Waals surface area contributed by atoms with E-state index in [4.69, 9.17) is 0 Å². The van der Waals surface area contributed by atoms with E-state index in [2.05, 4.69) is 36.4 Å². The zero-order chi connectivity index (χ0) is 10.6. The Hall–Kier alpha value is -0.120. The van der Waals surface area contributed by atoms with Crippen LogP contribution < -0.4 is 10.6 Å². The molecule has 14 heavy (non-hydrogen) atoms. The molecule has 1 aliphatic heterocycles. The van der Waals surface area contributed by atoms with Crippen LogP contribution in [0.4, 0.5) is 0 Å². The van der Waals surface area contributed by atoms with Crippen LogP contribution in [-0.4, -0.2) is 50.2 Å². The van der Waals surface area contributed by atoms with Crippen molar-refractivity contribution in [3.8, 4) is 0 Å². The van der Waals surface area contributed by atoms with E-state index in [0.717, 1.165) is 12.6 Å². The predicted molar refractivity (Wildman–Crippen MR) is 61.7 cm³/mol. The van der Waals surface area contributed by atoms with Gasteiger partial charge >= 0.3 is 0 Å². The Kier molecular flexibility index (Phi) is 4.35. The molecule has 0 aromatic carbocycles. The van der Waals surface area contributed by atoms with Gasteiger partial charge in [0.1, 0.15) is 0 Å². The summed E-state index contributed by atoms with van der Waals surface area (Å²) in [6.45, 7) is 7.98. The lowest BCUT2D eigenvalue weighted by Gasteiger charge is -2.33. The number of likely N-dealkylation sites (N-methyl/N-ethyl adjacent to an activating group) is 1. The van der Waals surface area contributed by atoms with Crippen LogP contribution in [0.15, 0.2) is 0 Å². The van der Waals surface area contributed by atoms with Crippen LogP contribution >= 0.6 is 0 Å². The van der Waals surface area contributed by atoms with Gasteiger partial charge in [0.2, 0.25) is 0 Å². The monoisotopic (exact) mass is 199 g/mol. The first kappa shape index (κ1) is 12.0. The maximum atomic E-state index is 3.64.